The SMILES string of the molecule is CC(C)(C)OC(=O)N[C@@H](Cc1ccc(Br)cn1)C(=O)O. The van der Waals surface area contributed by atoms with E-state index in [-0.39, 0.29) is 6.42 Å². The van der Waals surface area contributed by atoms with Crippen LogP contribution in [0.4, 0.5) is 4.79 Å². The van der Waals surface area contributed by atoms with Gasteiger partial charge in [-0.05, 0) is 48.8 Å². The van der Waals surface area contributed by atoms with Gasteiger partial charge >= 0.3 is 12.1 Å². The van der Waals surface area contributed by atoms with Gasteiger partial charge < -0.3 is 15.2 Å². The van der Waals surface area contributed by atoms with E-state index in [0.717, 1.165) is 4.47 Å². The van der Waals surface area contributed by atoms with Gasteiger partial charge in [0.05, 0.1) is 0 Å². The van der Waals surface area contributed by atoms with E-state index in [4.69, 9.17) is 9.84 Å². The minimum atomic E-state index is -1.14. The lowest BCUT2D eigenvalue weighted by Crippen LogP contribution is -2.44. The number of pyridine rings is 1. The second-order valence-corrected chi connectivity index (χ2v) is 6.12. The molecule has 6 nitrogen and oxygen atoms in total. The monoisotopic (exact) mass is 344 g/mol. The van der Waals surface area contributed by atoms with Crippen LogP contribution >= 0.6 is 15.9 Å². The molecule has 1 atom stereocenters. The van der Waals surface area contributed by atoms with Crippen LogP contribution in [0.1, 0.15) is 26.5 Å². The minimum absolute atomic E-state index is 0.0852. The summed E-state index contributed by atoms with van der Waals surface area (Å²) in [6.07, 6.45) is 0.894. The van der Waals surface area contributed by atoms with Crippen molar-refractivity contribution in [3.05, 3.63) is 28.5 Å². The third-order valence-corrected chi connectivity index (χ3v) is 2.66. The first-order valence-corrected chi connectivity index (χ1v) is 6.79. The van der Waals surface area contributed by atoms with E-state index in [1.54, 1.807) is 39.1 Å². The molecule has 0 aromatic carbocycles. The Labute approximate surface area is 125 Å². The molecule has 0 aliphatic rings. The summed E-state index contributed by atoms with van der Waals surface area (Å²) < 4.78 is 5.83. The van der Waals surface area contributed by atoms with Crippen LogP contribution in [0.2, 0.25) is 0 Å². The number of halogens is 1. The molecule has 0 aliphatic heterocycles. The number of rotatable bonds is 4. The van der Waals surface area contributed by atoms with Crippen LogP contribution in [-0.2, 0) is 16.0 Å². The predicted molar refractivity (Wildman–Crippen MR) is 76.4 cm³/mol. The van der Waals surface area contributed by atoms with E-state index >= 15 is 0 Å². The van der Waals surface area contributed by atoms with E-state index in [2.05, 4.69) is 26.2 Å². The molecule has 1 aromatic heterocycles. The molecule has 0 aliphatic carbocycles. The number of hydrogen-bond donors (Lipinski definition) is 2. The van der Waals surface area contributed by atoms with Crippen molar-refractivity contribution >= 4 is 28.0 Å². The molecule has 1 heterocycles. The Morgan fingerprint density at radius 1 is 1.45 bits per heavy atom. The largest absolute Gasteiger partial charge is 0.480 e. The van der Waals surface area contributed by atoms with E-state index in [1.807, 2.05) is 0 Å². The fraction of sp³-hybridized carbons (Fsp3) is 0.462. The van der Waals surface area contributed by atoms with Crippen LogP contribution in [0.3, 0.4) is 0 Å². The molecule has 0 bridgehead atoms. The van der Waals surface area contributed by atoms with Gasteiger partial charge in [-0.15, -0.1) is 0 Å². The molecule has 0 unspecified atom stereocenters. The number of nitrogens with one attached hydrogen (secondary N) is 1. The van der Waals surface area contributed by atoms with Gasteiger partial charge in [0, 0.05) is 22.8 Å². The van der Waals surface area contributed by atoms with E-state index in [1.165, 1.54) is 0 Å². The molecule has 1 rings (SSSR count). The van der Waals surface area contributed by atoms with Gasteiger partial charge in [0.2, 0.25) is 0 Å². The summed E-state index contributed by atoms with van der Waals surface area (Å²) in [5.74, 6) is -1.14. The maximum absolute atomic E-state index is 11.6. The van der Waals surface area contributed by atoms with Crippen molar-refractivity contribution in [1.29, 1.82) is 0 Å². The van der Waals surface area contributed by atoms with Gasteiger partial charge in [0.1, 0.15) is 11.6 Å². The fourth-order valence-electron chi connectivity index (χ4n) is 1.39. The molecule has 0 radical (unpaired) electrons. The number of carboxylic acids is 1. The number of carboxylic acid groups (broad SMARTS) is 1. The lowest BCUT2D eigenvalue weighted by molar-refractivity contribution is -0.139. The van der Waals surface area contributed by atoms with Crippen LogP contribution in [0.15, 0.2) is 22.8 Å². The Hall–Kier alpha value is -1.63. The minimum Gasteiger partial charge on any atom is -0.480 e. The van der Waals surface area contributed by atoms with Gasteiger partial charge in [0.25, 0.3) is 0 Å². The fourth-order valence-corrected chi connectivity index (χ4v) is 1.62. The number of amides is 1. The number of aliphatic carboxylic acids is 1. The summed E-state index contributed by atoms with van der Waals surface area (Å²) in [5, 5.41) is 11.5. The lowest BCUT2D eigenvalue weighted by Gasteiger charge is -2.21. The molecular weight excluding hydrogens is 328 g/mol. The lowest BCUT2D eigenvalue weighted by atomic mass is 10.1. The predicted octanol–water partition coefficient (Wildman–Crippen LogP) is 2.36. The van der Waals surface area contributed by atoms with Crippen LogP contribution in [0.25, 0.3) is 0 Å². The average Bonchev–Trinajstić information content (AvgIpc) is 2.28. The molecule has 0 fully saturated rings. The highest BCUT2D eigenvalue weighted by molar-refractivity contribution is 9.10. The van der Waals surface area contributed by atoms with E-state index in [0.29, 0.717) is 5.69 Å². The normalized spacial score (nSPS) is 12.6. The van der Waals surface area contributed by atoms with Crippen LogP contribution in [-0.4, -0.2) is 33.8 Å². The Morgan fingerprint density at radius 3 is 2.55 bits per heavy atom. The van der Waals surface area contributed by atoms with Crippen LogP contribution in [0.5, 0.6) is 0 Å². The van der Waals surface area contributed by atoms with Crippen molar-refractivity contribution in [3.63, 3.8) is 0 Å². The van der Waals surface area contributed by atoms with Crippen molar-refractivity contribution in [3.8, 4) is 0 Å². The average molecular weight is 345 g/mol. The highest BCUT2D eigenvalue weighted by Crippen LogP contribution is 2.10. The second kappa shape index (κ2) is 6.69. The molecule has 0 spiro atoms. The summed E-state index contributed by atoms with van der Waals surface area (Å²) in [5.41, 5.74) is -0.111. The van der Waals surface area contributed by atoms with Gasteiger partial charge in [0.15, 0.2) is 0 Å². The number of carbonyl (C=O) groups excluding carboxylic acids is 1. The van der Waals surface area contributed by atoms with Crippen molar-refractivity contribution in [2.45, 2.75) is 38.8 Å². The van der Waals surface area contributed by atoms with Gasteiger partial charge in [-0.25, -0.2) is 9.59 Å². The smallest absolute Gasteiger partial charge is 0.408 e. The molecular formula is C13H17BrN2O4. The first-order chi connectivity index (χ1) is 9.17. The number of aromatic nitrogens is 1. The zero-order valence-corrected chi connectivity index (χ0v) is 13.1. The first-order valence-electron chi connectivity index (χ1n) is 6.00. The van der Waals surface area contributed by atoms with Crippen molar-refractivity contribution in [1.82, 2.24) is 10.3 Å². The summed E-state index contributed by atoms with van der Waals surface area (Å²) in [7, 11) is 0. The number of hydrogen-bond acceptors (Lipinski definition) is 4. The third kappa shape index (κ3) is 6.01. The molecule has 110 valence electrons. The van der Waals surface area contributed by atoms with Crippen molar-refractivity contribution in [2.24, 2.45) is 0 Å². The molecule has 0 saturated heterocycles. The number of carbonyl (C=O) groups is 2. The quantitative estimate of drug-likeness (QED) is 0.875. The summed E-state index contributed by atoms with van der Waals surface area (Å²) in [4.78, 5) is 26.8. The highest BCUT2D eigenvalue weighted by atomic mass is 79.9. The highest BCUT2D eigenvalue weighted by Gasteiger charge is 2.24. The third-order valence-electron chi connectivity index (χ3n) is 2.19. The zero-order valence-electron chi connectivity index (χ0n) is 11.5. The van der Waals surface area contributed by atoms with Gasteiger partial charge in [-0.1, -0.05) is 0 Å². The molecule has 20 heavy (non-hydrogen) atoms. The summed E-state index contributed by atoms with van der Waals surface area (Å²) in [6, 6.07) is 2.37. The Kier molecular flexibility index (Phi) is 5.50. The summed E-state index contributed by atoms with van der Waals surface area (Å²) >= 11 is 3.25. The molecule has 1 amide bonds. The number of alkyl carbamates (subject to hydrolysis) is 1. The number of nitrogens with zero attached hydrogens (tertiary/aromatic N) is 1. The maximum atomic E-state index is 11.6. The van der Waals surface area contributed by atoms with E-state index < -0.39 is 23.7 Å². The Bertz CT molecular complexity index is 482. The topological polar surface area (TPSA) is 88.5 Å². The van der Waals surface area contributed by atoms with E-state index in [9.17, 15) is 9.59 Å². The van der Waals surface area contributed by atoms with Crippen LogP contribution < -0.4 is 5.32 Å². The van der Waals surface area contributed by atoms with Crippen LogP contribution in [0, 0.1) is 0 Å². The molecule has 2 N–H and O–H groups in total. The Morgan fingerprint density at radius 2 is 2.10 bits per heavy atom. The van der Waals surface area contributed by atoms with Gasteiger partial charge in [-0.2, -0.15) is 0 Å². The Balaban J connectivity index is 2.68. The van der Waals surface area contributed by atoms with Crippen molar-refractivity contribution in [2.75, 3.05) is 0 Å². The maximum Gasteiger partial charge on any atom is 0.408 e. The standard InChI is InChI=1S/C13H17BrN2O4/c1-13(2,3)20-12(19)16-10(11(17)18)6-9-5-4-8(14)7-15-9/h4-5,7,10H,6H2,1-3H3,(H,16,19)(H,17,18)/t10-/m0/s1. The number of ether oxygens (including phenoxy) is 1. The molecule has 0 saturated carbocycles. The first kappa shape index (κ1) is 16.4. The molecule has 7 heteroatoms. The summed E-state index contributed by atoms with van der Waals surface area (Å²) in [6.45, 7) is 5.12. The van der Waals surface area contributed by atoms with Gasteiger partial charge in [-0.3, -0.25) is 4.98 Å². The van der Waals surface area contributed by atoms with Crippen molar-refractivity contribution < 1.29 is 19.4 Å². The molecule has 1 aromatic rings. The zero-order chi connectivity index (χ0) is 15.3. The second-order valence-electron chi connectivity index (χ2n) is 5.21.